The highest BCUT2D eigenvalue weighted by Crippen LogP contribution is 2.15. The molecule has 0 amide bonds. The molecule has 106 valence electrons. The SMILES string of the molecule is NCC(Cc1n[nH]c(=O)n1-c1cc(Br)ccn1)=C(F)F. The average molecular weight is 346 g/mol. The second-order valence-electron chi connectivity index (χ2n) is 3.86. The predicted octanol–water partition coefficient (Wildman–Crippen LogP) is 1.37. The maximum absolute atomic E-state index is 12.6. The van der Waals surface area contributed by atoms with Crippen LogP contribution in [0.2, 0.25) is 0 Å². The smallest absolute Gasteiger partial charge is 0.327 e. The molecule has 0 bridgehead atoms. The number of halogens is 3. The number of hydrogen-bond acceptors (Lipinski definition) is 4. The first-order valence-electron chi connectivity index (χ1n) is 5.54. The molecule has 2 aromatic rings. The van der Waals surface area contributed by atoms with Gasteiger partial charge in [0.1, 0.15) is 11.6 Å². The van der Waals surface area contributed by atoms with Gasteiger partial charge in [0.15, 0.2) is 0 Å². The van der Waals surface area contributed by atoms with Crippen LogP contribution in [-0.2, 0) is 6.42 Å². The topological polar surface area (TPSA) is 89.6 Å². The number of nitrogens with two attached hydrogens (primary N) is 1. The molecule has 0 spiro atoms. The lowest BCUT2D eigenvalue weighted by Gasteiger charge is -2.06. The van der Waals surface area contributed by atoms with E-state index in [1.54, 1.807) is 12.1 Å². The monoisotopic (exact) mass is 345 g/mol. The molecule has 0 radical (unpaired) electrons. The van der Waals surface area contributed by atoms with E-state index in [1.807, 2.05) is 0 Å². The summed E-state index contributed by atoms with van der Waals surface area (Å²) < 4.78 is 27.1. The van der Waals surface area contributed by atoms with Gasteiger partial charge in [-0.1, -0.05) is 15.9 Å². The molecule has 0 aromatic carbocycles. The third kappa shape index (κ3) is 2.99. The first-order valence-corrected chi connectivity index (χ1v) is 6.33. The zero-order chi connectivity index (χ0) is 14.7. The van der Waals surface area contributed by atoms with Crippen molar-refractivity contribution in [1.82, 2.24) is 19.7 Å². The van der Waals surface area contributed by atoms with Crippen molar-refractivity contribution in [3.63, 3.8) is 0 Å². The van der Waals surface area contributed by atoms with Crippen molar-refractivity contribution in [3.8, 4) is 5.82 Å². The Hall–Kier alpha value is -1.87. The zero-order valence-electron chi connectivity index (χ0n) is 10.1. The van der Waals surface area contributed by atoms with Gasteiger partial charge in [-0.25, -0.2) is 19.4 Å². The Bertz CT molecular complexity index is 705. The zero-order valence-corrected chi connectivity index (χ0v) is 11.7. The van der Waals surface area contributed by atoms with Crippen molar-refractivity contribution >= 4 is 15.9 Å². The van der Waals surface area contributed by atoms with Crippen LogP contribution in [-0.4, -0.2) is 26.3 Å². The Morgan fingerprint density at radius 3 is 2.85 bits per heavy atom. The molecule has 2 aromatic heterocycles. The molecule has 0 unspecified atom stereocenters. The van der Waals surface area contributed by atoms with E-state index in [0.29, 0.717) is 4.47 Å². The molecule has 0 saturated carbocycles. The van der Waals surface area contributed by atoms with Crippen molar-refractivity contribution in [2.24, 2.45) is 5.73 Å². The summed E-state index contributed by atoms with van der Waals surface area (Å²) in [4.78, 5) is 15.8. The lowest BCUT2D eigenvalue weighted by atomic mass is 10.2. The van der Waals surface area contributed by atoms with Gasteiger partial charge in [-0.3, -0.25) is 0 Å². The molecule has 0 fully saturated rings. The van der Waals surface area contributed by atoms with E-state index in [2.05, 4.69) is 31.1 Å². The molecule has 0 aliphatic carbocycles. The van der Waals surface area contributed by atoms with E-state index in [0.717, 1.165) is 4.57 Å². The summed E-state index contributed by atoms with van der Waals surface area (Å²) in [6, 6.07) is 3.26. The molecule has 0 atom stereocenters. The molecule has 2 heterocycles. The van der Waals surface area contributed by atoms with Gasteiger partial charge in [-0.2, -0.15) is 13.9 Å². The number of hydrogen-bond donors (Lipinski definition) is 2. The minimum atomic E-state index is -1.86. The molecule has 2 rings (SSSR count). The van der Waals surface area contributed by atoms with Crippen LogP contribution in [0.3, 0.4) is 0 Å². The maximum Gasteiger partial charge on any atom is 0.349 e. The Labute approximate surface area is 120 Å². The maximum atomic E-state index is 12.6. The van der Waals surface area contributed by atoms with Crippen LogP contribution in [0, 0.1) is 0 Å². The average Bonchev–Trinajstić information content (AvgIpc) is 2.76. The van der Waals surface area contributed by atoms with E-state index >= 15 is 0 Å². The third-order valence-corrected chi connectivity index (χ3v) is 3.06. The minimum absolute atomic E-state index is 0.119. The second-order valence-corrected chi connectivity index (χ2v) is 4.77. The summed E-state index contributed by atoms with van der Waals surface area (Å²) in [5, 5.41) is 5.96. The minimum Gasteiger partial charge on any atom is -0.327 e. The lowest BCUT2D eigenvalue weighted by Crippen LogP contribution is -2.19. The fourth-order valence-electron chi connectivity index (χ4n) is 1.61. The van der Waals surface area contributed by atoms with Gasteiger partial charge in [0.25, 0.3) is 6.08 Å². The Kier molecular flexibility index (Phi) is 4.40. The van der Waals surface area contributed by atoms with E-state index in [9.17, 15) is 13.6 Å². The van der Waals surface area contributed by atoms with Crippen molar-refractivity contribution in [2.75, 3.05) is 6.54 Å². The highest BCUT2D eigenvalue weighted by molar-refractivity contribution is 9.10. The number of pyridine rings is 1. The van der Waals surface area contributed by atoms with Gasteiger partial charge in [-0.15, -0.1) is 0 Å². The summed E-state index contributed by atoms with van der Waals surface area (Å²) in [6.45, 7) is -0.310. The van der Waals surface area contributed by atoms with Gasteiger partial charge >= 0.3 is 5.69 Å². The van der Waals surface area contributed by atoms with E-state index in [1.165, 1.54) is 6.20 Å². The van der Waals surface area contributed by atoms with Gasteiger partial charge in [0.05, 0.1) is 0 Å². The molecular weight excluding hydrogens is 336 g/mol. The molecule has 3 N–H and O–H groups in total. The van der Waals surface area contributed by atoms with Crippen molar-refractivity contribution in [3.05, 3.63) is 50.8 Å². The molecule has 0 aliphatic heterocycles. The number of aromatic amines is 1. The van der Waals surface area contributed by atoms with Crippen LogP contribution in [0.4, 0.5) is 8.78 Å². The fraction of sp³-hybridized carbons (Fsp3) is 0.182. The standard InChI is InChI=1S/C11H10BrF2N5O/c12-7-1-2-16-8(4-7)19-9(17-18-11(19)20)3-6(5-15)10(13)14/h1-2,4H,3,5,15H2,(H,18,20). The van der Waals surface area contributed by atoms with Crippen molar-refractivity contribution < 1.29 is 8.78 Å². The first-order chi connectivity index (χ1) is 9.52. The Balaban J connectivity index is 2.48. The number of nitrogens with one attached hydrogen (secondary N) is 1. The van der Waals surface area contributed by atoms with E-state index < -0.39 is 11.8 Å². The van der Waals surface area contributed by atoms with Gasteiger partial charge < -0.3 is 5.73 Å². The van der Waals surface area contributed by atoms with E-state index in [4.69, 9.17) is 5.73 Å². The van der Waals surface area contributed by atoms with E-state index in [-0.39, 0.29) is 30.2 Å². The normalized spacial score (nSPS) is 10.6. The largest absolute Gasteiger partial charge is 0.349 e. The number of rotatable bonds is 4. The molecule has 9 heteroatoms. The predicted molar refractivity (Wildman–Crippen MR) is 71.7 cm³/mol. The highest BCUT2D eigenvalue weighted by Gasteiger charge is 2.15. The third-order valence-electron chi connectivity index (χ3n) is 2.56. The number of H-pyrrole nitrogens is 1. The van der Waals surface area contributed by atoms with Crippen LogP contribution in [0.1, 0.15) is 5.82 Å². The van der Waals surface area contributed by atoms with Crippen LogP contribution >= 0.6 is 15.9 Å². The summed E-state index contributed by atoms with van der Waals surface area (Å²) in [6.07, 6.45) is -0.610. The van der Waals surface area contributed by atoms with Crippen molar-refractivity contribution in [2.45, 2.75) is 6.42 Å². The molecular formula is C11H10BrF2N5O. The highest BCUT2D eigenvalue weighted by atomic mass is 79.9. The van der Waals surface area contributed by atoms with Crippen molar-refractivity contribution in [1.29, 1.82) is 0 Å². The van der Waals surface area contributed by atoms with Crippen LogP contribution < -0.4 is 11.4 Å². The molecule has 6 nitrogen and oxygen atoms in total. The van der Waals surface area contributed by atoms with Crippen LogP contribution in [0.15, 0.2) is 39.3 Å². The first kappa shape index (κ1) is 14.5. The van der Waals surface area contributed by atoms with Crippen LogP contribution in [0.25, 0.3) is 5.82 Å². The fourth-order valence-corrected chi connectivity index (χ4v) is 1.93. The summed E-state index contributed by atoms with van der Waals surface area (Å²) in [7, 11) is 0. The second kappa shape index (κ2) is 6.06. The summed E-state index contributed by atoms with van der Waals surface area (Å²) >= 11 is 3.25. The molecule has 20 heavy (non-hydrogen) atoms. The summed E-state index contributed by atoms with van der Waals surface area (Å²) in [5.74, 6) is 0.401. The summed E-state index contributed by atoms with van der Waals surface area (Å²) in [5.41, 5.74) is 4.42. The van der Waals surface area contributed by atoms with Gasteiger partial charge in [0, 0.05) is 29.2 Å². The lowest BCUT2D eigenvalue weighted by molar-refractivity contribution is 0.407. The van der Waals surface area contributed by atoms with Gasteiger partial charge in [-0.05, 0) is 12.1 Å². The van der Waals surface area contributed by atoms with Gasteiger partial charge in [0.2, 0.25) is 0 Å². The molecule has 0 aliphatic rings. The quantitative estimate of drug-likeness (QED) is 0.875. The van der Waals surface area contributed by atoms with Crippen LogP contribution in [0.5, 0.6) is 0 Å². The Morgan fingerprint density at radius 1 is 1.50 bits per heavy atom. The Morgan fingerprint density at radius 2 is 2.25 bits per heavy atom. The molecule has 0 saturated heterocycles. The number of aromatic nitrogens is 4. The number of nitrogens with zero attached hydrogens (tertiary/aromatic N) is 3.